The van der Waals surface area contributed by atoms with E-state index in [9.17, 15) is 15.0 Å². The number of phenols is 2. The average Bonchev–Trinajstić information content (AvgIpc) is 2.77. The first-order valence-corrected chi connectivity index (χ1v) is 5.89. The molecule has 1 saturated heterocycles. The Labute approximate surface area is 105 Å². The van der Waals surface area contributed by atoms with E-state index in [2.05, 4.69) is 0 Å². The number of benzene rings is 1. The van der Waals surface area contributed by atoms with E-state index in [4.69, 9.17) is 9.47 Å². The maximum absolute atomic E-state index is 11.8. The van der Waals surface area contributed by atoms with E-state index in [1.165, 1.54) is 6.07 Å². The summed E-state index contributed by atoms with van der Waals surface area (Å²) in [6.45, 7) is 2.52. The number of aryl methyl sites for hydroxylation is 1. The van der Waals surface area contributed by atoms with Gasteiger partial charge in [0, 0.05) is 12.7 Å². The number of hydrogen-bond acceptors (Lipinski definition) is 5. The van der Waals surface area contributed by atoms with Gasteiger partial charge in [0.1, 0.15) is 23.7 Å². The van der Waals surface area contributed by atoms with Gasteiger partial charge in [0.25, 0.3) is 0 Å². The second kappa shape index (κ2) is 5.27. The van der Waals surface area contributed by atoms with Crippen LogP contribution in [0.25, 0.3) is 0 Å². The summed E-state index contributed by atoms with van der Waals surface area (Å²) in [5.74, 6) is -0.953. The first-order chi connectivity index (χ1) is 8.58. The fraction of sp³-hybridized carbons (Fsp3) is 0.462. The number of rotatable bonds is 3. The molecule has 0 aliphatic carbocycles. The molecule has 1 fully saturated rings. The molecule has 1 atom stereocenters. The molecule has 0 radical (unpaired) electrons. The lowest BCUT2D eigenvalue weighted by molar-refractivity contribution is 0.0158. The Balaban J connectivity index is 2.04. The third-order valence-corrected chi connectivity index (χ3v) is 2.93. The van der Waals surface area contributed by atoms with Crippen molar-refractivity contribution in [1.82, 2.24) is 0 Å². The fourth-order valence-electron chi connectivity index (χ4n) is 2.03. The van der Waals surface area contributed by atoms with Crippen molar-refractivity contribution in [3.05, 3.63) is 23.3 Å². The van der Waals surface area contributed by atoms with Crippen molar-refractivity contribution in [3.63, 3.8) is 0 Å². The maximum Gasteiger partial charge on any atom is 0.342 e. The molecular formula is C13H16O5. The Hall–Kier alpha value is -1.75. The van der Waals surface area contributed by atoms with Gasteiger partial charge in [-0.1, -0.05) is 0 Å². The Bertz CT molecular complexity index is 426. The lowest BCUT2D eigenvalue weighted by Gasteiger charge is -2.12. The van der Waals surface area contributed by atoms with Crippen LogP contribution in [0.15, 0.2) is 12.1 Å². The summed E-state index contributed by atoms with van der Waals surface area (Å²) in [6.07, 6.45) is 1.81. The highest BCUT2D eigenvalue weighted by atomic mass is 16.6. The van der Waals surface area contributed by atoms with Crippen molar-refractivity contribution in [2.45, 2.75) is 25.9 Å². The number of phenolic OH excluding ortho intramolecular Hbond substituents is 2. The molecule has 18 heavy (non-hydrogen) atoms. The molecule has 5 nitrogen and oxygen atoms in total. The molecule has 5 heteroatoms. The van der Waals surface area contributed by atoms with Crippen molar-refractivity contribution in [2.75, 3.05) is 13.2 Å². The predicted molar refractivity (Wildman–Crippen MR) is 63.8 cm³/mol. The van der Waals surface area contributed by atoms with Gasteiger partial charge in [0.05, 0.1) is 6.10 Å². The summed E-state index contributed by atoms with van der Waals surface area (Å²) in [6, 6.07) is 2.53. The van der Waals surface area contributed by atoms with Crippen molar-refractivity contribution in [3.8, 4) is 11.5 Å². The third kappa shape index (κ3) is 2.73. The first kappa shape index (κ1) is 12.7. The van der Waals surface area contributed by atoms with Gasteiger partial charge in [0.15, 0.2) is 0 Å². The molecule has 1 unspecified atom stereocenters. The summed E-state index contributed by atoms with van der Waals surface area (Å²) < 4.78 is 10.4. The molecule has 0 bridgehead atoms. The third-order valence-electron chi connectivity index (χ3n) is 2.93. The van der Waals surface area contributed by atoms with Gasteiger partial charge in [-0.15, -0.1) is 0 Å². The van der Waals surface area contributed by atoms with E-state index >= 15 is 0 Å². The van der Waals surface area contributed by atoms with Crippen LogP contribution in [-0.2, 0) is 9.47 Å². The second-order valence-electron chi connectivity index (χ2n) is 4.39. The fourth-order valence-corrected chi connectivity index (χ4v) is 2.03. The van der Waals surface area contributed by atoms with Gasteiger partial charge in [-0.05, 0) is 31.4 Å². The molecule has 98 valence electrons. The summed E-state index contributed by atoms with van der Waals surface area (Å²) in [5, 5.41) is 18.9. The number of esters is 1. The molecule has 2 N–H and O–H groups in total. The SMILES string of the molecule is Cc1cc(O)cc(O)c1C(=O)OCC1CCCO1. The Morgan fingerprint density at radius 3 is 2.89 bits per heavy atom. The Morgan fingerprint density at radius 1 is 1.50 bits per heavy atom. The number of ether oxygens (including phenoxy) is 2. The van der Waals surface area contributed by atoms with Crippen LogP contribution in [0.4, 0.5) is 0 Å². The van der Waals surface area contributed by atoms with Gasteiger partial charge in [-0.3, -0.25) is 0 Å². The van der Waals surface area contributed by atoms with Gasteiger partial charge >= 0.3 is 5.97 Å². The minimum atomic E-state index is -0.597. The zero-order chi connectivity index (χ0) is 13.1. The van der Waals surface area contributed by atoms with Crippen molar-refractivity contribution < 1.29 is 24.5 Å². The Kier molecular flexibility index (Phi) is 3.72. The van der Waals surface area contributed by atoms with E-state index in [-0.39, 0.29) is 29.8 Å². The van der Waals surface area contributed by atoms with Crippen LogP contribution in [0.2, 0.25) is 0 Å². The number of carbonyl (C=O) groups is 1. The highest BCUT2D eigenvalue weighted by molar-refractivity contribution is 5.94. The van der Waals surface area contributed by atoms with Gasteiger partial charge < -0.3 is 19.7 Å². The molecular weight excluding hydrogens is 236 g/mol. The van der Waals surface area contributed by atoms with Crippen LogP contribution in [0.5, 0.6) is 11.5 Å². The summed E-state index contributed by atoms with van der Waals surface area (Å²) in [7, 11) is 0. The van der Waals surface area contributed by atoms with E-state index in [1.54, 1.807) is 6.92 Å². The van der Waals surface area contributed by atoms with E-state index in [1.807, 2.05) is 0 Å². The second-order valence-corrected chi connectivity index (χ2v) is 4.39. The van der Waals surface area contributed by atoms with Crippen LogP contribution in [0.1, 0.15) is 28.8 Å². The Morgan fingerprint density at radius 2 is 2.28 bits per heavy atom. The van der Waals surface area contributed by atoms with Crippen LogP contribution in [0.3, 0.4) is 0 Å². The molecule has 1 aromatic rings. The van der Waals surface area contributed by atoms with Crippen LogP contribution in [-0.4, -0.2) is 35.5 Å². The highest BCUT2D eigenvalue weighted by Gasteiger charge is 2.21. The molecule has 1 aromatic carbocycles. The van der Waals surface area contributed by atoms with Gasteiger partial charge in [-0.2, -0.15) is 0 Å². The zero-order valence-corrected chi connectivity index (χ0v) is 10.2. The molecule has 1 heterocycles. The van der Waals surface area contributed by atoms with E-state index in [0.29, 0.717) is 12.2 Å². The zero-order valence-electron chi connectivity index (χ0n) is 10.2. The standard InChI is InChI=1S/C13H16O5/c1-8-5-9(14)6-11(15)12(8)13(16)18-7-10-3-2-4-17-10/h5-6,10,14-15H,2-4,7H2,1H3. The number of carbonyl (C=O) groups excluding carboxylic acids is 1. The largest absolute Gasteiger partial charge is 0.508 e. The van der Waals surface area contributed by atoms with Crippen molar-refractivity contribution >= 4 is 5.97 Å². The summed E-state index contributed by atoms with van der Waals surface area (Å²) in [4.78, 5) is 11.8. The monoisotopic (exact) mass is 252 g/mol. The van der Waals surface area contributed by atoms with Crippen LogP contribution < -0.4 is 0 Å². The first-order valence-electron chi connectivity index (χ1n) is 5.89. The van der Waals surface area contributed by atoms with Crippen molar-refractivity contribution in [2.24, 2.45) is 0 Å². The van der Waals surface area contributed by atoms with E-state index < -0.39 is 5.97 Å². The lowest BCUT2D eigenvalue weighted by Crippen LogP contribution is -2.18. The quantitative estimate of drug-likeness (QED) is 0.801. The minimum absolute atomic E-state index is 0.0477. The predicted octanol–water partition coefficient (Wildman–Crippen LogP) is 1.74. The molecule has 1 aliphatic rings. The topological polar surface area (TPSA) is 76.0 Å². The minimum Gasteiger partial charge on any atom is -0.508 e. The van der Waals surface area contributed by atoms with Crippen LogP contribution >= 0.6 is 0 Å². The molecule has 1 aliphatic heterocycles. The van der Waals surface area contributed by atoms with Crippen LogP contribution in [0, 0.1) is 6.92 Å². The van der Waals surface area contributed by atoms with Crippen molar-refractivity contribution in [1.29, 1.82) is 0 Å². The van der Waals surface area contributed by atoms with E-state index in [0.717, 1.165) is 18.9 Å². The average molecular weight is 252 g/mol. The lowest BCUT2D eigenvalue weighted by atomic mass is 10.1. The van der Waals surface area contributed by atoms with Gasteiger partial charge in [-0.25, -0.2) is 4.79 Å². The van der Waals surface area contributed by atoms with Gasteiger partial charge in [0.2, 0.25) is 0 Å². The highest BCUT2D eigenvalue weighted by Crippen LogP contribution is 2.27. The molecule has 2 rings (SSSR count). The summed E-state index contributed by atoms with van der Waals surface area (Å²) in [5.41, 5.74) is 0.565. The molecule has 0 saturated carbocycles. The summed E-state index contributed by atoms with van der Waals surface area (Å²) >= 11 is 0. The molecule has 0 aromatic heterocycles. The number of aromatic hydroxyl groups is 2. The normalized spacial score (nSPS) is 18.8. The smallest absolute Gasteiger partial charge is 0.342 e. The maximum atomic E-state index is 11.8. The number of hydrogen-bond donors (Lipinski definition) is 2. The molecule has 0 spiro atoms. The molecule has 0 amide bonds.